The number of nitrogens with one attached hydrogen (secondary N) is 1. The minimum Gasteiger partial charge on any atom is -0.496 e. The maximum atomic E-state index is 12.4. The highest BCUT2D eigenvalue weighted by molar-refractivity contribution is 5.96. The third kappa shape index (κ3) is 3.97. The number of ketones is 1. The van der Waals surface area contributed by atoms with Crippen LogP contribution in [0, 0.1) is 0 Å². The number of imidazole rings is 1. The molecule has 0 atom stereocenters. The number of hydrogen-bond donors (Lipinski definition) is 1. The number of hydrogen-bond acceptors (Lipinski definition) is 4. The van der Waals surface area contributed by atoms with Gasteiger partial charge < -0.3 is 14.6 Å². The van der Waals surface area contributed by atoms with Gasteiger partial charge in [0.25, 0.3) is 0 Å². The lowest BCUT2D eigenvalue weighted by Gasteiger charge is -2.11. The molecular formula is C20H19N3O3. The molecule has 0 spiro atoms. The van der Waals surface area contributed by atoms with Crippen molar-refractivity contribution in [3.63, 3.8) is 0 Å². The number of benzene rings is 2. The van der Waals surface area contributed by atoms with E-state index in [2.05, 4.69) is 10.3 Å². The van der Waals surface area contributed by atoms with Crippen molar-refractivity contribution in [2.24, 2.45) is 0 Å². The third-order valence-corrected chi connectivity index (χ3v) is 3.99. The Morgan fingerprint density at radius 3 is 2.54 bits per heavy atom. The number of ether oxygens (including phenoxy) is 1. The lowest BCUT2D eigenvalue weighted by Crippen LogP contribution is -2.15. The number of nitrogens with zero attached hydrogens (tertiary/aromatic N) is 2. The molecule has 0 fully saturated rings. The number of amides is 1. The number of aromatic nitrogens is 2. The Bertz CT molecular complexity index is 916. The molecule has 0 saturated carbocycles. The van der Waals surface area contributed by atoms with Crippen molar-refractivity contribution in [3.8, 4) is 11.4 Å². The highest BCUT2D eigenvalue weighted by atomic mass is 16.5. The standard InChI is InChI=1S/C20H19N3O3/c1-14(24)15-3-8-19(26-2)16(11-15)12-20(25)22-17-4-6-18(7-5-17)23-10-9-21-13-23/h3-11,13H,12H2,1-2H3,(H,22,25). The molecule has 132 valence electrons. The zero-order valence-corrected chi connectivity index (χ0v) is 14.6. The Morgan fingerprint density at radius 1 is 1.15 bits per heavy atom. The topological polar surface area (TPSA) is 73.2 Å². The molecule has 0 aliphatic heterocycles. The summed E-state index contributed by atoms with van der Waals surface area (Å²) >= 11 is 0. The largest absolute Gasteiger partial charge is 0.496 e. The SMILES string of the molecule is COc1ccc(C(C)=O)cc1CC(=O)Nc1ccc(-n2ccnc2)cc1. The monoisotopic (exact) mass is 349 g/mol. The average Bonchev–Trinajstić information content (AvgIpc) is 3.17. The Labute approximate surface area is 151 Å². The van der Waals surface area contributed by atoms with Gasteiger partial charge in [0.15, 0.2) is 5.78 Å². The Morgan fingerprint density at radius 2 is 1.92 bits per heavy atom. The summed E-state index contributed by atoms with van der Waals surface area (Å²) in [5.74, 6) is 0.351. The first-order chi connectivity index (χ1) is 12.6. The lowest BCUT2D eigenvalue weighted by molar-refractivity contribution is -0.115. The van der Waals surface area contributed by atoms with Gasteiger partial charge in [-0.2, -0.15) is 0 Å². The predicted octanol–water partition coefficient (Wildman–Crippen LogP) is 3.26. The first kappa shape index (κ1) is 17.4. The van der Waals surface area contributed by atoms with Crippen LogP contribution in [0.2, 0.25) is 0 Å². The van der Waals surface area contributed by atoms with Crippen LogP contribution < -0.4 is 10.1 Å². The summed E-state index contributed by atoms with van der Waals surface area (Å²) in [6.07, 6.45) is 5.38. The molecule has 3 aromatic rings. The smallest absolute Gasteiger partial charge is 0.228 e. The second-order valence-electron chi connectivity index (χ2n) is 5.82. The summed E-state index contributed by atoms with van der Waals surface area (Å²) in [7, 11) is 1.54. The molecule has 0 aliphatic rings. The molecule has 1 amide bonds. The maximum absolute atomic E-state index is 12.4. The van der Waals surface area contributed by atoms with Gasteiger partial charge in [0.1, 0.15) is 5.75 Å². The molecule has 0 aliphatic carbocycles. The number of anilines is 1. The summed E-state index contributed by atoms with van der Waals surface area (Å²) in [6.45, 7) is 1.49. The van der Waals surface area contributed by atoms with Crippen molar-refractivity contribution in [1.82, 2.24) is 9.55 Å². The van der Waals surface area contributed by atoms with Crippen molar-refractivity contribution in [1.29, 1.82) is 0 Å². The Balaban J connectivity index is 1.71. The van der Waals surface area contributed by atoms with E-state index in [1.807, 2.05) is 35.0 Å². The number of methoxy groups -OCH3 is 1. The van der Waals surface area contributed by atoms with Crippen LogP contribution in [0.15, 0.2) is 61.2 Å². The third-order valence-electron chi connectivity index (χ3n) is 3.99. The molecule has 1 N–H and O–H groups in total. The summed E-state index contributed by atoms with van der Waals surface area (Å²) in [6, 6.07) is 12.6. The van der Waals surface area contributed by atoms with Crippen LogP contribution in [0.4, 0.5) is 5.69 Å². The van der Waals surface area contributed by atoms with Gasteiger partial charge in [-0.1, -0.05) is 0 Å². The average molecular weight is 349 g/mol. The van der Waals surface area contributed by atoms with Gasteiger partial charge in [-0.15, -0.1) is 0 Å². The van der Waals surface area contributed by atoms with Gasteiger partial charge in [0.05, 0.1) is 19.9 Å². The highest BCUT2D eigenvalue weighted by Gasteiger charge is 2.12. The van der Waals surface area contributed by atoms with Crippen LogP contribution in [0.5, 0.6) is 5.75 Å². The van der Waals surface area contributed by atoms with Crippen molar-refractivity contribution in [2.75, 3.05) is 12.4 Å². The van der Waals surface area contributed by atoms with E-state index in [1.54, 1.807) is 37.8 Å². The van der Waals surface area contributed by atoms with Gasteiger partial charge in [-0.05, 0) is 49.4 Å². The zero-order valence-electron chi connectivity index (χ0n) is 14.6. The lowest BCUT2D eigenvalue weighted by atomic mass is 10.0. The number of carbonyl (C=O) groups excluding carboxylic acids is 2. The minimum atomic E-state index is -0.181. The Hall–Kier alpha value is -3.41. The first-order valence-electron chi connectivity index (χ1n) is 8.13. The number of rotatable bonds is 6. The molecule has 0 radical (unpaired) electrons. The van der Waals surface area contributed by atoms with E-state index in [0.29, 0.717) is 22.6 Å². The summed E-state index contributed by atoms with van der Waals surface area (Å²) in [5.41, 5.74) is 2.88. The highest BCUT2D eigenvalue weighted by Crippen LogP contribution is 2.21. The van der Waals surface area contributed by atoms with Gasteiger partial charge in [-0.3, -0.25) is 9.59 Å². The second kappa shape index (κ2) is 7.65. The van der Waals surface area contributed by atoms with Crippen LogP contribution in [-0.2, 0) is 11.2 Å². The van der Waals surface area contributed by atoms with Crippen LogP contribution in [0.25, 0.3) is 5.69 Å². The molecule has 0 unspecified atom stereocenters. The van der Waals surface area contributed by atoms with E-state index < -0.39 is 0 Å². The predicted molar refractivity (Wildman–Crippen MR) is 98.9 cm³/mol. The number of carbonyl (C=O) groups is 2. The minimum absolute atomic E-state index is 0.0515. The van der Waals surface area contributed by atoms with Crippen molar-refractivity contribution in [3.05, 3.63) is 72.3 Å². The number of Topliss-reactive ketones (excluding diaryl/α,β-unsaturated/α-hetero) is 1. The molecule has 26 heavy (non-hydrogen) atoms. The van der Waals surface area contributed by atoms with Crippen LogP contribution in [0.1, 0.15) is 22.8 Å². The van der Waals surface area contributed by atoms with E-state index in [4.69, 9.17) is 4.74 Å². The molecule has 1 heterocycles. The van der Waals surface area contributed by atoms with Gasteiger partial charge in [0.2, 0.25) is 5.91 Å². The molecule has 6 nitrogen and oxygen atoms in total. The molecule has 0 bridgehead atoms. The maximum Gasteiger partial charge on any atom is 0.228 e. The van der Waals surface area contributed by atoms with E-state index in [-0.39, 0.29) is 18.1 Å². The van der Waals surface area contributed by atoms with Crippen LogP contribution >= 0.6 is 0 Å². The van der Waals surface area contributed by atoms with Gasteiger partial charge >= 0.3 is 0 Å². The summed E-state index contributed by atoms with van der Waals surface area (Å²) in [5, 5.41) is 2.86. The van der Waals surface area contributed by atoms with E-state index in [0.717, 1.165) is 5.69 Å². The van der Waals surface area contributed by atoms with Crippen LogP contribution in [-0.4, -0.2) is 28.4 Å². The molecule has 6 heteroatoms. The first-order valence-corrected chi connectivity index (χ1v) is 8.13. The van der Waals surface area contributed by atoms with Crippen LogP contribution in [0.3, 0.4) is 0 Å². The molecular weight excluding hydrogens is 330 g/mol. The van der Waals surface area contributed by atoms with Crippen molar-refractivity contribution < 1.29 is 14.3 Å². The Kier molecular flexibility index (Phi) is 5.12. The molecule has 3 rings (SSSR count). The fourth-order valence-electron chi connectivity index (χ4n) is 2.64. The van der Waals surface area contributed by atoms with E-state index in [1.165, 1.54) is 6.92 Å². The fourth-order valence-corrected chi connectivity index (χ4v) is 2.64. The van der Waals surface area contributed by atoms with E-state index in [9.17, 15) is 9.59 Å². The molecule has 0 saturated heterocycles. The zero-order chi connectivity index (χ0) is 18.5. The molecule has 1 aromatic heterocycles. The van der Waals surface area contributed by atoms with Crippen molar-refractivity contribution >= 4 is 17.4 Å². The quantitative estimate of drug-likeness (QED) is 0.693. The van der Waals surface area contributed by atoms with E-state index >= 15 is 0 Å². The summed E-state index contributed by atoms with van der Waals surface area (Å²) in [4.78, 5) is 27.9. The van der Waals surface area contributed by atoms with Crippen molar-refractivity contribution in [2.45, 2.75) is 13.3 Å². The normalized spacial score (nSPS) is 10.4. The fraction of sp³-hybridized carbons (Fsp3) is 0.150. The summed E-state index contributed by atoms with van der Waals surface area (Å²) < 4.78 is 7.17. The molecule has 2 aromatic carbocycles. The second-order valence-corrected chi connectivity index (χ2v) is 5.82. The van der Waals surface area contributed by atoms with Gasteiger partial charge in [-0.25, -0.2) is 4.98 Å². The van der Waals surface area contributed by atoms with Gasteiger partial charge in [0, 0.05) is 34.9 Å².